The molecular weight excluding hydrogens is 184 g/mol. The number of aliphatic hydroxyl groups excluding tert-OH is 1. The largest absolute Gasteiger partial charge is 0.396 e. The van der Waals surface area contributed by atoms with Crippen molar-refractivity contribution in [1.82, 2.24) is 0 Å². The van der Waals surface area contributed by atoms with Gasteiger partial charge in [-0.25, -0.2) is 0 Å². The molecule has 0 atom stereocenters. The Kier molecular flexibility index (Phi) is 12.9. The van der Waals surface area contributed by atoms with Gasteiger partial charge in [-0.15, -0.1) is 0 Å². The van der Waals surface area contributed by atoms with Gasteiger partial charge in [0, 0.05) is 6.61 Å². The van der Waals surface area contributed by atoms with Gasteiger partial charge in [0.05, 0.1) is 0 Å². The smallest absolute Gasteiger partial charge is 0.0465 e. The summed E-state index contributed by atoms with van der Waals surface area (Å²) >= 11 is 0. The van der Waals surface area contributed by atoms with E-state index in [1.54, 1.807) is 0 Å². The van der Waals surface area contributed by atoms with Gasteiger partial charge in [-0.2, -0.15) is 0 Å². The van der Waals surface area contributed by atoms with Crippen LogP contribution >= 0.6 is 0 Å². The highest BCUT2D eigenvalue weighted by atomic mass is 16.2. The standard InChI is InChI=1S/C14H26O/c1-2-3-4-5-6-7-8-9-10-11-12-13-14-15/h4-5,11-12,15H,2-3,6-10,13-14H2,1H3/b5-4+,12-11+. The highest BCUT2D eigenvalue weighted by Crippen LogP contribution is 2.05. The zero-order chi connectivity index (χ0) is 11.2. The van der Waals surface area contributed by atoms with E-state index in [1.807, 2.05) is 0 Å². The van der Waals surface area contributed by atoms with E-state index >= 15 is 0 Å². The first-order chi connectivity index (χ1) is 7.41. The summed E-state index contributed by atoms with van der Waals surface area (Å²) in [5.41, 5.74) is 0. The van der Waals surface area contributed by atoms with E-state index in [-0.39, 0.29) is 6.61 Å². The van der Waals surface area contributed by atoms with E-state index in [9.17, 15) is 0 Å². The van der Waals surface area contributed by atoms with Gasteiger partial charge in [-0.3, -0.25) is 0 Å². The molecule has 0 radical (unpaired) electrons. The molecule has 0 unspecified atom stereocenters. The van der Waals surface area contributed by atoms with Crippen LogP contribution in [0.1, 0.15) is 58.3 Å². The molecule has 0 rings (SSSR count). The third-order valence-corrected chi connectivity index (χ3v) is 2.33. The molecule has 0 aromatic heterocycles. The molecule has 0 saturated carbocycles. The number of unbranched alkanes of at least 4 members (excludes halogenated alkanes) is 5. The summed E-state index contributed by atoms with van der Waals surface area (Å²) in [5.74, 6) is 0. The zero-order valence-electron chi connectivity index (χ0n) is 10.1. The summed E-state index contributed by atoms with van der Waals surface area (Å²) in [6.07, 6.45) is 18.5. The molecule has 15 heavy (non-hydrogen) atoms. The minimum atomic E-state index is 0.277. The van der Waals surface area contributed by atoms with Crippen molar-refractivity contribution in [3.63, 3.8) is 0 Å². The number of hydrogen-bond acceptors (Lipinski definition) is 1. The van der Waals surface area contributed by atoms with E-state index in [0.29, 0.717) is 0 Å². The second-order valence-corrected chi connectivity index (χ2v) is 3.88. The van der Waals surface area contributed by atoms with Crippen molar-refractivity contribution in [2.24, 2.45) is 0 Å². The SMILES string of the molecule is CCC/C=C/CCCCC/C=C/CCO. The van der Waals surface area contributed by atoms with Crippen LogP contribution in [-0.4, -0.2) is 11.7 Å². The first kappa shape index (κ1) is 14.4. The van der Waals surface area contributed by atoms with Crippen molar-refractivity contribution in [1.29, 1.82) is 0 Å². The molecule has 0 saturated heterocycles. The topological polar surface area (TPSA) is 20.2 Å². The minimum absolute atomic E-state index is 0.277. The van der Waals surface area contributed by atoms with Crippen LogP contribution in [0.25, 0.3) is 0 Å². The fourth-order valence-electron chi connectivity index (χ4n) is 1.41. The average Bonchev–Trinajstić information content (AvgIpc) is 2.26. The maximum Gasteiger partial charge on any atom is 0.0465 e. The van der Waals surface area contributed by atoms with E-state index in [2.05, 4.69) is 31.2 Å². The quantitative estimate of drug-likeness (QED) is 0.422. The third-order valence-electron chi connectivity index (χ3n) is 2.33. The van der Waals surface area contributed by atoms with Crippen LogP contribution in [0.5, 0.6) is 0 Å². The second-order valence-electron chi connectivity index (χ2n) is 3.88. The summed E-state index contributed by atoms with van der Waals surface area (Å²) < 4.78 is 0. The lowest BCUT2D eigenvalue weighted by Gasteiger charge is -1.95. The van der Waals surface area contributed by atoms with Crippen molar-refractivity contribution in [2.45, 2.75) is 58.3 Å². The highest BCUT2D eigenvalue weighted by molar-refractivity contribution is 4.82. The van der Waals surface area contributed by atoms with Crippen LogP contribution in [0, 0.1) is 0 Å². The van der Waals surface area contributed by atoms with Crippen molar-refractivity contribution in [3.05, 3.63) is 24.3 Å². The molecule has 0 aliphatic carbocycles. The lowest BCUT2D eigenvalue weighted by Crippen LogP contribution is -1.77. The summed E-state index contributed by atoms with van der Waals surface area (Å²) in [4.78, 5) is 0. The summed E-state index contributed by atoms with van der Waals surface area (Å²) in [6.45, 7) is 2.49. The molecule has 1 heteroatoms. The van der Waals surface area contributed by atoms with Crippen molar-refractivity contribution in [2.75, 3.05) is 6.61 Å². The maximum absolute atomic E-state index is 8.55. The molecule has 0 bridgehead atoms. The monoisotopic (exact) mass is 210 g/mol. The number of rotatable bonds is 10. The predicted molar refractivity (Wildman–Crippen MR) is 68.0 cm³/mol. The fourth-order valence-corrected chi connectivity index (χ4v) is 1.41. The van der Waals surface area contributed by atoms with Gasteiger partial charge in [0.25, 0.3) is 0 Å². The Morgan fingerprint density at radius 2 is 1.27 bits per heavy atom. The lowest BCUT2D eigenvalue weighted by atomic mass is 10.1. The fraction of sp³-hybridized carbons (Fsp3) is 0.714. The van der Waals surface area contributed by atoms with Crippen molar-refractivity contribution in [3.8, 4) is 0 Å². The Bertz CT molecular complexity index is 141. The summed E-state index contributed by atoms with van der Waals surface area (Å²) in [7, 11) is 0. The molecule has 88 valence electrons. The molecule has 0 aromatic carbocycles. The van der Waals surface area contributed by atoms with Crippen LogP contribution in [-0.2, 0) is 0 Å². The minimum Gasteiger partial charge on any atom is -0.396 e. The first-order valence-corrected chi connectivity index (χ1v) is 6.32. The summed E-state index contributed by atoms with van der Waals surface area (Å²) in [5, 5.41) is 8.55. The van der Waals surface area contributed by atoms with Crippen LogP contribution in [0.3, 0.4) is 0 Å². The maximum atomic E-state index is 8.55. The number of allylic oxidation sites excluding steroid dienone is 3. The van der Waals surface area contributed by atoms with Crippen LogP contribution < -0.4 is 0 Å². The molecule has 0 heterocycles. The molecular formula is C14H26O. The van der Waals surface area contributed by atoms with Crippen molar-refractivity contribution < 1.29 is 5.11 Å². The molecule has 0 aliphatic rings. The van der Waals surface area contributed by atoms with E-state index in [4.69, 9.17) is 5.11 Å². The Morgan fingerprint density at radius 3 is 1.80 bits per heavy atom. The lowest BCUT2D eigenvalue weighted by molar-refractivity contribution is 0.302. The molecule has 1 N–H and O–H groups in total. The Morgan fingerprint density at radius 1 is 0.733 bits per heavy atom. The number of aliphatic hydroxyl groups is 1. The molecule has 0 aliphatic heterocycles. The number of hydrogen-bond donors (Lipinski definition) is 1. The molecule has 0 aromatic rings. The Hall–Kier alpha value is -0.560. The van der Waals surface area contributed by atoms with Gasteiger partial charge >= 0.3 is 0 Å². The van der Waals surface area contributed by atoms with Gasteiger partial charge < -0.3 is 5.11 Å². The van der Waals surface area contributed by atoms with Gasteiger partial charge in [0.2, 0.25) is 0 Å². The molecule has 1 nitrogen and oxygen atoms in total. The van der Waals surface area contributed by atoms with Crippen LogP contribution in [0.2, 0.25) is 0 Å². The van der Waals surface area contributed by atoms with Crippen molar-refractivity contribution >= 4 is 0 Å². The zero-order valence-corrected chi connectivity index (χ0v) is 10.1. The van der Waals surface area contributed by atoms with Gasteiger partial charge in [0.15, 0.2) is 0 Å². The molecule has 0 spiro atoms. The summed E-state index contributed by atoms with van der Waals surface area (Å²) in [6, 6.07) is 0. The second kappa shape index (κ2) is 13.4. The Balaban J connectivity index is 3.04. The van der Waals surface area contributed by atoms with Gasteiger partial charge in [-0.05, 0) is 38.5 Å². The third kappa shape index (κ3) is 13.4. The van der Waals surface area contributed by atoms with Gasteiger partial charge in [-0.1, -0.05) is 44.1 Å². The normalized spacial score (nSPS) is 11.9. The Labute approximate surface area is 94.9 Å². The van der Waals surface area contributed by atoms with E-state index < -0.39 is 0 Å². The van der Waals surface area contributed by atoms with Crippen LogP contribution in [0.4, 0.5) is 0 Å². The van der Waals surface area contributed by atoms with Gasteiger partial charge in [0.1, 0.15) is 0 Å². The first-order valence-electron chi connectivity index (χ1n) is 6.32. The average molecular weight is 210 g/mol. The predicted octanol–water partition coefficient (Wildman–Crippen LogP) is 4.23. The highest BCUT2D eigenvalue weighted by Gasteiger charge is 1.85. The molecule has 0 amide bonds. The van der Waals surface area contributed by atoms with E-state index in [0.717, 1.165) is 6.42 Å². The van der Waals surface area contributed by atoms with Crippen LogP contribution in [0.15, 0.2) is 24.3 Å². The van der Waals surface area contributed by atoms with E-state index in [1.165, 1.54) is 44.9 Å². The molecule has 0 fully saturated rings.